The van der Waals surface area contributed by atoms with Crippen LogP contribution in [0, 0.1) is 0 Å². The number of urea groups is 1. The van der Waals surface area contributed by atoms with E-state index in [2.05, 4.69) is 36.7 Å². The van der Waals surface area contributed by atoms with Crippen LogP contribution in [0.1, 0.15) is 37.9 Å². The summed E-state index contributed by atoms with van der Waals surface area (Å²) in [5, 5.41) is 9.47. The summed E-state index contributed by atoms with van der Waals surface area (Å²) in [6.07, 6.45) is 1.39. The lowest BCUT2D eigenvalue weighted by Gasteiger charge is -2.07. The Kier molecular flexibility index (Phi) is 5.94. The number of nitrogens with zero attached hydrogens (tertiary/aromatic N) is 2. The number of hydrogen-bond acceptors (Lipinski definition) is 4. The molecule has 6 nitrogen and oxygen atoms in total. The van der Waals surface area contributed by atoms with Gasteiger partial charge in [-0.25, -0.2) is 4.79 Å². The van der Waals surface area contributed by atoms with Gasteiger partial charge in [0, 0.05) is 29.0 Å². The van der Waals surface area contributed by atoms with E-state index >= 15 is 0 Å². The van der Waals surface area contributed by atoms with E-state index in [0.29, 0.717) is 18.9 Å². The molecule has 118 valence electrons. The average molecular weight is 367 g/mol. The third-order valence-electron chi connectivity index (χ3n) is 2.94. The Balaban J connectivity index is 1.68. The maximum atomic E-state index is 11.7. The number of rotatable bonds is 6. The van der Waals surface area contributed by atoms with Crippen molar-refractivity contribution in [3.63, 3.8) is 0 Å². The van der Waals surface area contributed by atoms with Gasteiger partial charge in [-0.15, -0.1) is 0 Å². The Morgan fingerprint density at radius 2 is 2.23 bits per heavy atom. The Hall–Kier alpha value is -1.89. The van der Waals surface area contributed by atoms with Crippen LogP contribution in [0.5, 0.6) is 0 Å². The van der Waals surface area contributed by atoms with Crippen LogP contribution in [0.15, 0.2) is 33.3 Å². The number of nitrogens with one attached hydrogen (secondary N) is 2. The van der Waals surface area contributed by atoms with Gasteiger partial charge >= 0.3 is 6.03 Å². The van der Waals surface area contributed by atoms with Gasteiger partial charge < -0.3 is 15.2 Å². The lowest BCUT2D eigenvalue weighted by Crippen LogP contribution is -2.29. The smallest absolute Gasteiger partial charge is 0.319 e. The van der Waals surface area contributed by atoms with Gasteiger partial charge in [-0.1, -0.05) is 41.0 Å². The lowest BCUT2D eigenvalue weighted by molar-refractivity contribution is 0.252. The third kappa shape index (κ3) is 5.14. The first-order chi connectivity index (χ1) is 10.5. The molecule has 1 aromatic carbocycles. The Morgan fingerprint density at radius 1 is 1.41 bits per heavy atom. The number of hydrogen-bond donors (Lipinski definition) is 2. The molecule has 0 radical (unpaired) electrons. The lowest BCUT2D eigenvalue weighted by atomic mass is 10.2. The molecule has 0 saturated carbocycles. The van der Waals surface area contributed by atoms with Crippen LogP contribution in [-0.2, 0) is 6.42 Å². The van der Waals surface area contributed by atoms with E-state index in [9.17, 15) is 4.79 Å². The van der Waals surface area contributed by atoms with Gasteiger partial charge in [0.05, 0.1) is 0 Å². The molecule has 1 heterocycles. The molecule has 22 heavy (non-hydrogen) atoms. The molecular weight excluding hydrogens is 348 g/mol. The Bertz CT molecular complexity index is 628. The molecule has 0 aliphatic heterocycles. The molecule has 0 atom stereocenters. The van der Waals surface area contributed by atoms with Crippen LogP contribution < -0.4 is 10.6 Å². The number of carbonyl (C=O) groups excluding carboxylic acids is 1. The molecule has 0 fully saturated rings. The van der Waals surface area contributed by atoms with Crippen molar-refractivity contribution >= 4 is 27.6 Å². The van der Waals surface area contributed by atoms with Gasteiger partial charge in [0.2, 0.25) is 5.89 Å². The topological polar surface area (TPSA) is 80.0 Å². The van der Waals surface area contributed by atoms with Crippen molar-refractivity contribution in [3.8, 4) is 0 Å². The molecule has 2 rings (SSSR count). The maximum Gasteiger partial charge on any atom is 0.319 e. The SMILES string of the molecule is CC(C)c1noc(CCCNC(=O)Nc2cccc(Br)c2)n1. The molecule has 0 spiro atoms. The van der Waals surface area contributed by atoms with Crippen molar-refractivity contribution < 1.29 is 9.32 Å². The van der Waals surface area contributed by atoms with E-state index in [1.54, 1.807) is 0 Å². The van der Waals surface area contributed by atoms with Crippen LogP contribution >= 0.6 is 15.9 Å². The van der Waals surface area contributed by atoms with E-state index < -0.39 is 0 Å². The first kappa shape index (κ1) is 16.5. The molecule has 1 aromatic heterocycles. The van der Waals surface area contributed by atoms with E-state index in [1.807, 2.05) is 38.1 Å². The molecule has 0 bridgehead atoms. The first-order valence-electron chi connectivity index (χ1n) is 7.17. The minimum Gasteiger partial charge on any atom is -0.339 e. The number of anilines is 1. The Labute approximate surface area is 137 Å². The van der Waals surface area contributed by atoms with Crippen LogP contribution in [0.4, 0.5) is 10.5 Å². The average Bonchev–Trinajstić information content (AvgIpc) is 2.93. The summed E-state index contributed by atoms with van der Waals surface area (Å²) in [5.74, 6) is 1.58. The highest BCUT2D eigenvalue weighted by atomic mass is 79.9. The summed E-state index contributed by atoms with van der Waals surface area (Å²) in [6, 6.07) is 7.20. The zero-order valence-corrected chi connectivity index (χ0v) is 14.2. The first-order valence-corrected chi connectivity index (χ1v) is 7.97. The van der Waals surface area contributed by atoms with Gasteiger partial charge in [0.1, 0.15) is 0 Å². The molecular formula is C15H19BrN4O2. The highest BCUT2D eigenvalue weighted by Crippen LogP contribution is 2.15. The van der Waals surface area contributed by atoms with Crippen molar-refractivity contribution in [1.82, 2.24) is 15.5 Å². The van der Waals surface area contributed by atoms with Crippen LogP contribution in [0.25, 0.3) is 0 Å². The number of carbonyl (C=O) groups is 1. The van der Waals surface area contributed by atoms with E-state index in [4.69, 9.17) is 4.52 Å². The van der Waals surface area contributed by atoms with E-state index in [1.165, 1.54) is 0 Å². The summed E-state index contributed by atoms with van der Waals surface area (Å²) in [6.45, 7) is 4.57. The fourth-order valence-corrected chi connectivity index (χ4v) is 2.19. The second kappa shape index (κ2) is 7.93. The van der Waals surface area contributed by atoms with Crippen LogP contribution in [0.3, 0.4) is 0 Å². The molecule has 0 aliphatic rings. The zero-order chi connectivity index (χ0) is 15.9. The molecule has 7 heteroatoms. The number of halogens is 1. The van der Waals surface area contributed by atoms with Gasteiger partial charge in [-0.05, 0) is 24.6 Å². The highest BCUT2D eigenvalue weighted by Gasteiger charge is 2.09. The quantitative estimate of drug-likeness (QED) is 0.763. The fraction of sp³-hybridized carbons (Fsp3) is 0.400. The van der Waals surface area contributed by atoms with Crippen molar-refractivity contribution in [2.24, 2.45) is 0 Å². The third-order valence-corrected chi connectivity index (χ3v) is 3.43. The fourth-order valence-electron chi connectivity index (χ4n) is 1.79. The molecule has 0 unspecified atom stereocenters. The number of amides is 2. The molecule has 2 amide bonds. The highest BCUT2D eigenvalue weighted by molar-refractivity contribution is 9.10. The van der Waals surface area contributed by atoms with Gasteiger partial charge in [-0.2, -0.15) is 4.98 Å². The zero-order valence-electron chi connectivity index (χ0n) is 12.6. The van der Waals surface area contributed by atoms with Crippen LogP contribution in [-0.4, -0.2) is 22.7 Å². The maximum absolute atomic E-state index is 11.7. The van der Waals surface area contributed by atoms with E-state index in [0.717, 1.165) is 22.4 Å². The van der Waals surface area contributed by atoms with Crippen molar-refractivity contribution in [2.45, 2.75) is 32.6 Å². The molecule has 0 aliphatic carbocycles. The summed E-state index contributed by atoms with van der Waals surface area (Å²) in [4.78, 5) is 16.0. The van der Waals surface area contributed by atoms with Gasteiger partial charge in [0.25, 0.3) is 0 Å². The second-order valence-corrected chi connectivity index (χ2v) is 6.11. The monoisotopic (exact) mass is 366 g/mol. The summed E-state index contributed by atoms with van der Waals surface area (Å²) < 4.78 is 6.07. The predicted molar refractivity (Wildman–Crippen MR) is 87.9 cm³/mol. The van der Waals surface area contributed by atoms with Crippen LogP contribution in [0.2, 0.25) is 0 Å². The second-order valence-electron chi connectivity index (χ2n) is 5.20. The van der Waals surface area contributed by atoms with Crippen molar-refractivity contribution in [1.29, 1.82) is 0 Å². The minimum atomic E-state index is -0.230. The normalized spacial score (nSPS) is 10.7. The Morgan fingerprint density at radius 3 is 2.91 bits per heavy atom. The summed E-state index contributed by atoms with van der Waals surface area (Å²) in [7, 11) is 0. The van der Waals surface area contributed by atoms with Crippen molar-refractivity contribution in [2.75, 3.05) is 11.9 Å². The number of aryl methyl sites for hydroxylation is 1. The van der Waals surface area contributed by atoms with Gasteiger partial charge in [-0.3, -0.25) is 0 Å². The number of benzene rings is 1. The minimum absolute atomic E-state index is 0.230. The molecule has 2 aromatic rings. The predicted octanol–water partition coefficient (Wildman–Crippen LogP) is 3.71. The molecule has 0 saturated heterocycles. The molecule has 2 N–H and O–H groups in total. The standard InChI is InChI=1S/C15H19BrN4O2/c1-10(2)14-19-13(22-20-14)7-4-8-17-15(21)18-12-6-3-5-11(16)9-12/h3,5-6,9-10H,4,7-8H2,1-2H3,(H2,17,18,21). The van der Waals surface area contributed by atoms with E-state index in [-0.39, 0.29) is 11.9 Å². The summed E-state index contributed by atoms with van der Waals surface area (Å²) in [5.41, 5.74) is 0.741. The number of aromatic nitrogens is 2. The van der Waals surface area contributed by atoms with Crippen molar-refractivity contribution in [3.05, 3.63) is 40.5 Å². The van der Waals surface area contributed by atoms with Gasteiger partial charge in [0.15, 0.2) is 5.82 Å². The largest absolute Gasteiger partial charge is 0.339 e. The summed E-state index contributed by atoms with van der Waals surface area (Å²) >= 11 is 3.36.